The van der Waals surface area contributed by atoms with E-state index >= 15 is 0 Å². The van der Waals surface area contributed by atoms with Crippen molar-refractivity contribution < 1.29 is 14.3 Å². The van der Waals surface area contributed by atoms with Gasteiger partial charge in [0.1, 0.15) is 0 Å². The predicted octanol–water partition coefficient (Wildman–Crippen LogP) is 4.09. The molecular formula is C20H21N3O3S2. The van der Waals surface area contributed by atoms with E-state index in [1.807, 2.05) is 41.8 Å². The Morgan fingerprint density at radius 1 is 1.25 bits per heavy atom. The third kappa shape index (κ3) is 5.97. The van der Waals surface area contributed by atoms with E-state index in [2.05, 4.69) is 15.6 Å². The van der Waals surface area contributed by atoms with Crippen molar-refractivity contribution in [3.8, 4) is 0 Å². The van der Waals surface area contributed by atoms with E-state index in [4.69, 9.17) is 4.74 Å². The Bertz CT molecular complexity index is 892. The van der Waals surface area contributed by atoms with Crippen LogP contribution in [0.3, 0.4) is 0 Å². The maximum atomic E-state index is 12.2. The summed E-state index contributed by atoms with van der Waals surface area (Å²) in [5, 5.41) is 8.80. The van der Waals surface area contributed by atoms with Gasteiger partial charge in [-0.25, -0.2) is 4.99 Å². The third-order valence-corrected chi connectivity index (χ3v) is 5.55. The van der Waals surface area contributed by atoms with Crippen LogP contribution in [-0.2, 0) is 20.9 Å². The van der Waals surface area contributed by atoms with E-state index in [9.17, 15) is 9.59 Å². The average Bonchev–Trinajstić information content (AvgIpc) is 3.13. The van der Waals surface area contributed by atoms with Gasteiger partial charge >= 0.3 is 5.97 Å². The number of carbonyl (C=O) groups is 2. The molecule has 146 valence electrons. The van der Waals surface area contributed by atoms with Gasteiger partial charge < -0.3 is 15.4 Å². The molecule has 2 heterocycles. The van der Waals surface area contributed by atoms with Gasteiger partial charge in [-0.15, -0.1) is 11.3 Å². The molecule has 3 rings (SSSR count). The molecule has 0 radical (unpaired) electrons. The molecule has 0 spiro atoms. The molecule has 2 N–H and O–H groups in total. The molecule has 6 nitrogen and oxygen atoms in total. The zero-order valence-corrected chi connectivity index (χ0v) is 17.1. The van der Waals surface area contributed by atoms with E-state index in [1.54, 1.807) is 24.3 Å². The van der Waals surface area contributed by atoms with E-state index in [0.717, 1.165) is 16.3 Å². The van der Waals surface area contributed by atoms with Crippen LogP contribution in [0, 0.1) is 0 Å². The smallest absolute Gasteiger partial charge is 0.311 e. The van der Waals surface area contributed by atoms with Gasteiger partial charge in [-0.1, -0.05) is 30.0 Å². The fraction of sp³-hybridized carbons (Fsp3) is 0.250. The number of rotatable bonds is 7. The lowest BCUT2D eigenvalue weighted by atomic mass is 10.2. The molecule has 8 heteroatoms. The summed E-state index contributed by atoms with van der Waals surface area (Å²) >= 11 is 2.95. The number of benzene rings is 1. The van der Waals surface area contributed by atoms with Crippen LogP contribution in [0.25, 0.3) is 0 Å². The molecule has 0 aliphatic carbocycles. The van der Waals surface area contributed by atoms with Gasteiger partial charge in [0.25, 0.3) is 0 Å². The first-order chi connectivity index (χ1) is 13.6. The van der Waals surface area contributed by atoms with Gasteiger partial charge in [0.15, 0.2) is 0 Å². The Kier molecular flexibility index (Phi) is 7.27. The number of carbonyl (C=O) groups excluding carboxylic acids is 2. The van der Waals surface area contributed by atoms with Crippen LogP contribution < -0.4 is 10.6 Å². The summed E-state index contributed by atoms with van der Waals surface area (Å²) < 4.78 is 5.04. The standard InChI is InChI=1S/C20H21N3O3S2/c1-2-26-20(25)11-14-10-19(23-17-8-4-3-7-16(17)22-14)28-13-18(24)21-12-15-6-5-9-27-15/h3-10,22H,2,11-13H2,1H3,(H,21,24). The van der Waals surface area contributed by atoms with Crippen LogP contribution >= 0.6 is 23.1 Å². The maximum Gasteiger partial charge on any atom is 0.311 e. The van der Waals surface area contributed by atoms with Crippen molar-refractivity contribution >= 4 is 51.4 Å². The first-order valence-corrected chi connectivity index (χ1v) is 10.7. The molecule has 0 atom stereocenters. The van der Waals surface area contributed by atoms with E-state index in [-0.39, 0.29) is 24.1 Å². The number of para-hydroxylation sites is 2. The van der Waals surface area contributed by atoms with Crippen LogP contribution in [0.5, 0.6) is 0 Å². The minimum Gasteiger partial charge on any atom is -0.466 e. The van der Waals surface area contributed by atoms with Gasteiger partial charge in [0.2, 0.25) is 5.91 Å². The maximum absolute atomic E-state index is 12.2. The molecule has 1 amide bonds. The zero-order valence-electron chi connectivity index (χ0n) is 15.4. The first-order valence-electron chi connectivity index (χ1n) is 8.87. The Balaban J connectivity index is 1.66. The van der Waals surface area contributed by atoms with Crippen LogP contribution in [0.2, 0.25) is 0 Å². The number of nitrogens with one attached hydrogen (secondary N) is 2. The van der Waals surface area contributed by atoms with Crippen LogP contribution in [0.1, 0.15) is 18.2 Å². The monoisotopic (exact) mass is 415 g/mol. The van der Waals surface area contributed by atoms with Crippen LogP contribution in [0.4, 0.5) is 11.4 Å². The minimum absolute atomic E-state index is 0.0630. The third-order valence-electron chi connectivity index (χ3n) is 3.76. The quantitative estimate of drug-likeness (QED) is 0.666. The number of hydrogen-bond donors (Lipinski definition) is 2. The number of amides is 1. The fourth-order valence-corrected chi connectivity index (χ4v) is 3.93. The van der Waals surface area contributed by atoms with Crippen molar-refractivity contribution in [2.45, 2.75) is 19.9 Å². The summed E-state index contributed by atoms with van der Waals surface area (Å²) in [5.41, 5.74) is 2.27. The lowest BCUT2D eigenvalue weighted by Gasteiger charge is -2.10. The first kappa shape index (κ1) is 20.2. The molecule has 1 aromatic heterocycles. The van der Waals surface area contributed by atoms with Crippen molar-refractivity contribution in [3.63, 3.8) is 0 Å². The number of ether oxygens (including phenoxy) is 1. The second kappa shape index (κ2) is 10.1. The molecular weight excluding hydrogens is 394 g/mol. The van der Waals surface area contributed by atoms with E-state index in [0.29, 0.717) is 23.9 Å². The normalized spacial score (nSPS) is 12.8. The number of nitrogens with zero attached hydrogens (tertiary/aromatic N) is 1. The van der Waals surface area contributed by atoms with Gasteiger partial charge in [0.05, 0.1) is 41.7 Å². The number of hydrogen-bond acceptors (Lipinski definition) is 7. The summed E-state index contributed by atoms with van der Waals surface area (Å²) in [4.78, 5) is 29.8. The Hall–Kier alpha value is -2.58. The summed E-state index contributed by atoms with van der Waals surface area (Å²) in [6, 6.07) is 11.5. The summed E-state index contributed by atoms with van der Waals surface area (Å²) in [6.07, 6.45) is 1.92. The highest BCUT2D eigenvalue weighted by Crippen LogP contribution is 2.31. The van der Waals surface area contributed by atoms with Crippen LogP contribution in [0.15, 0.2) is 58.5 Å². The fourth-order valence-electron chi connectivity index (χ4n) is 2.51. The number of thioether (sulfide) groups is 1. The zero-order chi connectivity index (χ0) is 19.8. The summed E-state index contributed by atoms with van der Waals surface area (Å²) in [7, 11) is 0. The van der Waals surface area contributed by atoms with E-state index < -0.39 is 0 Å². The van der Waals surface area contributed by atoms with Gasteiger partial charge in [0, 0.05) is 10.6 Å². The van der Waals surface area contributed by atoms with Crippen LogP contribution in [-0.4, -0.2) is 29.3 Å². The molecule has 0 unspecified atom stereocenters. The molecule has 0 saturated heterocycles. The molecule has 2 aromatic rings. The number of anilines is 1. The molecule has 0 bridgehead atoms. The van der Waals surface area contributed by atoms with Crippen molar-refractivity contribution in [2.24, 2.45) is 4.99 Å². The van der Waals surface area contributed by atoms with Gasteiger partial charge in [-0.3, -0.25) is 9.59 Å². The second-order valence-electron chi connectivity index (χ2n) is 5.89. The number of thiophene rings is 1. The number of esters is 1. The number of fused-ring (bicyclic) bond motifs is 1. The molecule has 28 heavy (non-hydrogen) atoms. The summed E-state index contributed by atoms with van der Waals surface area (Å²) in [6.45, 7) is 2.64. The molecule has 0 fully saturated rings. The Labute approximate surface area is 172 Å². The molecule has 0 saturated carbocycles. The second-order valence-corrected chi connectivity index (χ2v) is 7.92. The lowest BCUT2D eigenvalue weighted by Crippen LogP contribution is -2.24. The highest BCUT2D eigenvalue weighted by Gasteiger charge is 2.15. The van der Waals surface area contributed by atoms with Crippen molar-refractivity contribution in [2.75, 3.05) is 17.7 Å². The molecule has 1 aromatic carbocycles. The van der Waals surface area contributed by atoms with Crippen molar-refractivity contribution in [3.05, 3.63) is 58.4 Å². The van der Waals surface area contributed by atoms with Crippen molar-refractivity contribution in [1.82, 2.24) is 5.32 Å². The Morgan fingerprint density at radius 2 is 2.11 bits per heavy atom. The van der Waals surface area contributed by atoms with E-state index in [1.165, 1.54) is 11.8 Å². The summed E-state index contributed by atoms with van der Waals surface area (Å²) in [5.74, 6) is -0.124. The highest BCUT2D eigenvalue weighted by molar-refractivity contribution is 8.14. The largest absolute Gasteiger partial charge is 0.466 e. The highest BCUT2D eigenvalue weighted by atomic mass is 32.2. The predicted molar refractivity (Wildman–Crippen MR) is 115 cm³/mol. The minimum atomic E-state index is -0.307. The Morgan fingerprint density at radius 3 is 2.89 bits per heavy atom. The lowest BCUT2D eigenvalue weighted by molar-refractivity contribution is -0.142. The van der Waals surface area contributed by atoms with Crippen molar-refractivity contribution in [1.29, 1.82) is 0 Å². The van der Waals surface area contributed by atoms with Gasteiger partial charge in [-0.2, -0.15) is 0 Å². The number of aliphatic imine (C=N–C) groups is 1. The molecule has 1 aliphatic rings. The SMILES string of the molecule is CCOC(=O)CC1=CC(SCC(=O)NCc2cccs2)=Nc2ccccc2N1. The van der Waals surface area contributed by atoms with Gasteiger partial charge in [-0.05, 0) is 36.6 Å². The topological polar surface area (TPSA) is 79.8 Å². The molecule has 1 aliphatic heterocycles. The average molecular weight is 416 g/mol.